The molecule has 3 aromatic rings. The first kappa shape index (κ1) is 17.9. The van der Waals surface area contributed by atoms with Crippen LogP contribution in [0.25, 0.3) is 4.96 Å². The SMILES string of the molecule is COc1ccc([C@H](c2sc3ncnn3c2O)N2CCCC2)c(OC)c1OC. The van der Waals surface area contributed by atoms with Gasteiger partial charge in [-0.25, -0.2) is 4.98 Å². The van der Waals surface area contributed by atoms with Gasteiger partial charge in [0.1, 0.15) is 6.33 Å². The molecule has 2 aromatic heterocycles. The Morgan fingerprint density at radius 3 is 2.44 bits per heavy atom. The maximum Gasteiger partial charge on any atom is 0.230 e. The lowest BCUT2D eigenvalue weighted by atomic mass is 10.0. The average molecular weight is 390 g/mol. The lowest BCUT2D eigenvalue weighted by molar-refractivity contribution is 0.264. The maximum absolute atomic E-state index is 10.8. The molecular weight excluding hydrogens is 368 g/mol. The van der Waals surface area contributed by atoms with Crippen LogP contribution in [0, 0.1) is 0 Å². The van der Waals surface area contributed by atoms with E-state index < -0.39 is 0 Å². The van der Waals surface area contributed by atoms with Gasteiger partial charge >= 0.3 is 0 Å². The summed E-state index contributed by atoms with van der Waals surface area (Å²) in [7, 11) is 4.81. The van der Waals surface area contributed by atoms with Gasteiger partial charge in [0.2, 0.25) is 16.6 Å². The van der Waals surface area contributed by atoms with E-state index in [2.05, 4.69) is 15.0 Å². The summed E-state index contributed by atoms with van der Waals surface area (Å²) in [6, 6.07) is 3.66. The number of methoxy groups -OCH3 is 3. The normalized spacial score (nSPS) is 16.0. The van der Waals surface area contributed by atoms with Crippen molar-refractivity contribution in [2.75, 3.05) is 34.4 Å². The van der Waals surface area contributed by atoms with Crippen molar-refractivity contribution in [2.24, 2.45) is 0 Å². The lowest BCUT2D eigenvalue weighted by Gasteiger charge is -2.29. The van der Waals surface area contributed by atoms with Crippen LogP contribution in [0.3, 0.4) is 0 Å². The van der Waals surface area contributed by atoms with E-state index in [4.69, 9.17) is 14.2 Å². The Bertz CT molecular complexity index is 948. The first-order valence-electron chi connectivity index (χ1n) is 8.73. The van der Waals surface area contributed by atoms with Crippen LogP contribution in [-0.2, 0) is 0 Å². The Kier molecular flexibility index (Phi) is 4.79. The maximum atomic E-state index is 10.8. The summed E-state index contributed by atoms with van der Waals surface area (Å²) in [4.78, 5) is 8.01. The van der Waals surface area contributed by atoms with Gasteiger partial charge in [-0.2, -0.15) is 9.61 Å². The Balaban J connectivity index is 1.92. The summed E-state index contributed by atoms with van der Waals surface area (Å²) in [5.41, 5.74) is 0.914. The van der Waals surface area contributed by atoms with E-state index in [1.165, 1.54) is 22.2 Å². The fourth-order valence-electron chi connectivity index (χ4n) is 3.72. The van der Waals surface area contributed by atoms with E-state index in [0.29, 0.717) is 22.2 Å². The zero-order chi connectivity index (χ0) is 19.0. The molecule has 0 bridgehead atoms. The van der Waals surface area contributed by atoms with Crippen molar-refractivity contribution < 1.29 is 19.3 Å². The Hall–Kier alpha value is -2.52. The fraction of sp³-hybridized carbons (Fsp3) is 0.444. The second-order valence-electron chi connectivity index (χ2n) is 6.31. The van der Waals surface area contributed by atoms with E-state index in [0.717, 1.165) is 36.4 Å². The molecule has 1 saturated heterocycles. The molecule has 1 aromatic carbocycles. The van der Waals surface area contributed by atoms with Crippen LogP contribution in [-0.4, -0.2) is 59.0 Å². The fourth-order valence-corrected chi connectivity index (χ4v) is 4.80. The standard InChI is InChI=1S/C18H22N4O4S/c1-24-12-7-6-11(14(25-2)15(12)26-3)13(21-8-4-5-9-21)16-17(23)22-18(27-16)19-10-20-22/h6-7,10,13,23H,4-5,8-9H2,1-3H3/t13-/m1/s1. The first-order chi connectivity index (χ1) is 13.2. The van der Waals surface area contributed by atoms with Gasteiger partial charge in [0.15, 0.2) is 11.5 Å². The molecule has 144 valence electrons. The van der Waals surface area contributed by atoms with Crippen LogP contribution in [0.2, 0.25) is 0 Å². The molecule has 0 aliphatic carbocycles. The molecule has 3 heterocycles. The van der Waals surface area contributed by atoms with Crippen molar-refractivity contribution in [3.05, 3.63) is 28.9 Å². The van der Waals surface area contributed by atoms with Crippen molar-refractivity contribution in [3.63, 3.8) is 0 Å². The molecule has 8 nitrogen and oxygen atoms in total. The second kappa shape index (κ2) is 7.24. The Labute approximate surface area is 160 Å². The van der Waals surface area contributed by atoms with Crippen molar-refractivity contribution in [3.8, 4) is 23.1 Å². The monoisotopic (exact) mass is 390 g/mol. The number of nitrogens with zero attached hydrogens (tertiary/aromatic N) is 4. The predicted octanol–water partition coefficient (Wildman–Crippen LogP) is 2.71. The van der Waals surface area contributed by atoms with Crippen LogP contribution in [0.5, 0.6) is 23.1 Å². The summed E-state index contributed by atoms with van der Waals surface area (Å²) in [6.07, 6.45) is 3.68. The highest BCUT2D eigenvalue weighted by molar-refractivity contribution is 7.17. The molecule has 0 amide bonds. The topological polar surface area (TPSA) is 81.4 Å². The third-order valence-corrected chi connectivity index (χ3v) is 6.01. The lowest BCUT2D eigenvalue weighted by Crippen LogP contribution is -2.26. The molecule has 4 rings (SSSR count). The van der Waals surface area contributed by atoms with Gasteiger partial charge in [-0.1, -0.05) is 11.3 Å². The summed E-state index contributed by atoms with van der Waals surface area (Å²) in [5.74, 6) is 1.86. The zero-order valence-electron chi connectivity index (χ0n) is 15.5. The van der Waals surface area contributed by atoms with E-state index in [9.17, 15) is 5.11 Å². The molecule has 1 atom stereocenters. The van der Waals surface area contributed by atoms with Crippen LogP contribution in [0.15, 0.2) is 18.5 Å². The number of rotatable bonds is 6. The third kappa shape index (κ3) is 2.87. The van der Waals surface area contributed by atoms with E-state index in [-0.39, 0.29) is 11.9 Å². The van der Waals surface area contributed by atoms with Crippen LogP contribution >= 0.6 is 11.3 Å². The zero-order valence-corrected chi connectivity index (χ0v) is 16.3. The van der Waals surface area contributed by atoms with Gasteiger partial charge in [0.05, 0.1) is 32.2 Å². The molecule has 0 spiro atoms. The molecule has 1 fully saturated rings. The predicted molar refractivity (Wildman–Crippen MR) is 101 cm³/mol. The molecular formula is C18H22N4O4S. The molecule has 0 saturated carbocycles. The van der Waals surface area contributed by atoms with Gasteiger partial charge in [0.25, 0.3) is 0 Å². The van der Waals surface area contributed by atoms with Crippen molar-refractivity contribution >= 4 is 16.3 Å². The number of hydrogen-bond acceptors (Lipinski definition) is 8. The smallest absolute Gasteiger partial charge is 0.230 e. The molecule has 0 unspecified atom stereocenters. The number of fused-ring (bicyclic) bond motifs is 1. The second-order valence-corrected chi connectivity index (χ2v) is 7.32. The Morgan fingerprint density at radius 1 is 1.07 bits per heavy atom. The highest BCUT2D eigenvalue weighted by atomic mass is 32.1. The van der Waals surface area contributed by atoms with E-state index in [1.54, 1.807) is 21.3 Å². The molecule has 27 heavy (non-hydrogen) atoms. The minimum absolute atomic E-state index is 0.112. The van der Waals surface area contributed by atoms with E-state index in [1.807, 2.05) is 12.1 Å². The minimum Gasteiger partial charge on any atom is -0.493 e. The van der Waals surface area contributed by atoms with Crippen LogP contribution in [0.4, 0.5) is 0 Å². The third-order valence-electron chi connectivity index (χ3n) is 4.92. The van der Waals surface area contributed by atoms with Gasteiger partial charge in [-0.3, -0.25) is 4.90 Å². The van der Waals surface area contributed by atoms with Crippen LogP contribution in [0.1, 0.15) is 29.3 Å². The highest BCUT2D eigenvalue weighted by Crippen LogP contribution is 2.48. The Morgan fingerprint density at radius 2 is 1.81 bits per heavy atom. The van der Waals surface area contributed by atoms with Gasteiger partial charge < -0.3 is 19.3 Å². The largest absolute Gasteiger partial charge is 0.493 e. The quantitative estimate of drug-likeness (QED) is 0.693. The van der Waals surface area contributed by atoms with Gasteiger partial charge in [-0.15, -0.1) is 0 Å². The van der Waals surface area contributed by atoms with Gasteiger partial charge in [-0.05, 0) is 38.1 Å². The number of likely N-dealkylation sites (tertiary alicyclic amines) is 1. The van der Waals surface area contributed by atoms with Gasteiger partial charge in [0, 0.05) is 5.56 Å². The summed E-state index contributed by atoms with van der Waals surface area (Å²) in [5, 5.41) is 14.9. The number of benzene rings is 1. The molecule has 1 N–H and O–H groups in total. The number of ether oxygens (including phenoxy) is 3. The van der Waals surface area contributed by atoms with Crippen molar-refractivity contribution in [1.82, 2.24) is 19.5 Å². The minimum atomic E-state index is -0.184. The summed E-state index contributed by atoms with van der Waals surface area (Å²) >= 11 is 1.43. The van der Waals surface area contributed by atoms with Crippen LogP contribution < -0.4 is 14.2 Å². The molecule has 0 radical (unpaired) electrons. The highest BCUT2D eigenvalue weighted by Gasteiger charge is 2.34. The summed E-state index contributed by atoms with van der Waals surface area (Å²) < 4.78 is 18.2. The molecule has 1 aliphatic rings. The molecule has 9 heteroatoms. The number of aromatic nitrogens is 3. The average Bonchev–Trinajstić information content (AvgIpc) is 3.42. The number of aromatic hydroxyl groups is 1. The number of thiazole rings is 1. The van der Waals surface area contributed by atoms with E-state index >= 15 is 0 Å². The number of hydrogen-bond donors (Lipinski definition) is 1. The first-order valence-corrected chi connectivity index (χ1v) is 9.55. The van der Waals surface area contributed by atoms with Crippen molar-refractivity contribution in [1.29, 1.82) is 0 Å². The molecule has 1 aliphatic heterocycles. The summed E-state index contributed by atoms with van der Waals surface area (Å²) in [6.45, 7) is 1.88. The van der Waals surface area contributed by atoms with Crippen molar-refractivity contribution in [2.45, 2.75) is 18.9 Å².